The highest BCUT2D eigenvalue weighted by Crippen LogP contribution is 2.42. The fourth-order valence-electron chi connectivity index (χ4n) is 6.79. The first-order chi connectivity index (χ1) is 23.8. The van der Waals surface area contributed by atoms with E-state index >= 15 is 4.39 Å². The third kappa shape index (κ3) is 7.02. The summed E-state index contributed by atoms with van der Waals surface area (Å²) >= 11 is 0. The van der Waals surface area contributed by atoms with Gasteiger partial charge in [-0.25, -0.2) is 9.18 Å². The average molecular weight is 664 g/mol. The number of hydrogen-bond donors (Lipinski definition) is 4. The van der Waals surface area contributed by atoms with Gasteiger partial charge in [-0.1, -0.05) is 18.2 Å². The molecule has 10 heteroatoms. The molecule has 5 aromatic rings. The molecule has 2 aliphatic heterocycles. The summed E-state index contributed by atoms with van der Waals surface area (Å²) in [6.45, 7) is 3.75. The molecule has 1 unspecified atom stereocenters. The van der Waals surface area contributed by atoms with E-state index in [-0.39, 0.29) is 29.7 Å². The van der Waals surface area contributed by atoms with Gasteiger partial charge in [-0.3, -0.25) is 4.79 Å². The topological polar surface area (TPSA) is 122 Å². The zero-order chi connectivity index (χ0) is 34.0. The normalized spacial score (nSPS) is 18.9. The lowest BCUT2D eigenvalue weighted by molar-refractivity contribution is -0.117. The van der Waals surface area contributed by atoms with Crippen LogP contribution in [-0.4, -0.2) is 47.8 Å². The maximum Gasteiger partial charge on any atom is 0.335 e. The number of aromatic amines is 1. The molecule has 2 aliphatic rings. The minimum Gasteiger partial charge on any atom is -0.487 e. The number of nitrogens with one attached hydrogen (secondary N) is 3. The van der Waals surface area contributed by atoms with Crippen molar-refractivity contribution in [2.24, 2.45) is 0 Å². The van der Waals surface area contributed by atoms with Crippen LogP contribution in [0.5, 0.6) is 17.2 Å². The summed E-state index contributed by atoms with van der Waals surface area (Å²) in [7, 11) is 0. The van der Waals surface area contributed by atoms with Crippen LogP contribution < -0.4 is 20.1 Å². The summed E-state index contributed by atoms with van der Waals surface area (Å²) in [4.78, 5) is 28.0. The highest BCUT2D eigenvalue weighted by Gasteiger charge is 2.36. The molecule has 252 valence electrons. The maximum absolute atomic E-state index is 15.5. The Labute approximate surface area is 283 Å². The van der Waals surface area contributed by atoms with E-state index in [0.717, 1.165) is 53.4 Å². The molecular formula is C39H38FN3O6. The van der Waals surface area contributed by atoms with Crippen LogP contribution >= 0.6 is 0 Å². The third-order valence-corrected chi connectivity index (χ3v) is 9.37. The van der Waals surface area contributed by atoms with Gasteiger partial charge in [0.2, 0.25) is 5.91 Å². The highest BCUT2D eigenvalue weighted by molar-refractivity contribution is 6.01. The molecule has 1 aromatic heterocycles. The first-order valence-electron chi connectivity index (χ1n) is 16.6. The number of carbonyl (C=O) groups is 2. The molecule has 49 heavy (non-hydrogen) atoms. The van der Waals surface area contributed by atoms with Gasteiger partial charge in [0.05, 0.1) is 17.4 Å². The van der Waals surface area contributed by atoms with Crippen LogP contribution in [0.2, 0.25) is 0 Å². The minimum absolute atomic E-state index is 0.0259. The monoisotopic (exact) mass is 663 g/mol. The van der Waals surface area contributed by atoms with Crippen LogP contribution in [0, 0.1) is 5.82 Å². The second-order valence-corrected chi connectivity index (χ2v) is 12.9. The number of carboxylic acid groups (broad SMARTS) is 1. The van der Waals surface area contributed by atoms with Gasteiger partial charge in [0, 0.05) is 53.8 Å². The Morgan fingerprint density at radius 1 is 1.04 bits per heavy atom. The molecule has 9 nitrogen and oxygen atoms in total. The minimum atomic E-state index is -1.05. The molecule has 1 fully saturated rings. The number of aromatic nitrogens is 1. The van der Waals surface area contributed by atoms with E-state index in [0.29, 0.717) is 42.4 Å². The lowest BCUT2D eigenvalue weighted by atomic mass is 9.81. The second kappa shape index (κ2) is 13.7. The molecular weight excluding hydrogens is 625 g/mol. The van der Waals surface area contributed by atoms with Gasteiger partial charge in [0.15, 0.2) is 11.5 Å². The van der Waals surface area contributed by atoms with Gasteiger partial charge in [-0.2, -0.15) is 0 Å². The molecule has 7 rings (SSSR count). The van der Waals surface area contributed by atoms with E-state index in [1.165, 1.54) is 18.2 Å². The van der Waals surface area contributed by atoms with E-state index in [1.807, 2.05) is 49.5 Å². The van der Waals surface area contributed by atoms with Crippen molar-refractivity contribution in [2.45, 2.75) is 50.7 Å². The zero-order valence-electron chi connectivity index (χ0n) is 27.2. The molecule has 1 saturated heterocycles. The number of H-pyrrole nitrogens is 1. The van der Waals surface area contributed by atoms with Crippen molar-refractivity contribution in [3.05, 3.63) is 108 Å². The molecule has 0 aliphatic carbocycles. The Hall–Kier alpha value is -5.19. The van der Waals surface area contributed by atoms with Crippen LogP contribution in [0.1, 0.15) is 54.1 Å². The molecule has 0 bridgehead atoms. The quantitative estimate of drug-likeness (QED) is 0.120. The Morgan fingerprint density at radius 3 is 2.67 bits per heavy atom. The SMILES string of the molecule is C[C@]1(CC(=O)Nc2cccc3[nH]ccc23)NCCc2cc(OCC3CCCCO3)c(Oc3ccc(-c4ccc(C(=O)O)cc4)c(F)c3)cc21. The van der Waals surface area contributed by atoms with Crippen molar-refractivity contribution in [2.75, 3.05) is 25.1 Å². The van der Waals surface area contributed by atoms with Crippen molar-refractivity contribution >= 4 is 28.5 Å². The summed E-state index contributed by atoms with van der Waals surface area (Å²) in [6.07, 6.45) is 5.75. The van der Waals surface area contributed by atoms with Crippen LogP contribution in [-0.2, 0) is 21.5 Å². The zero-order valence-corrected chi connectivity index (χ0v) is 27.2. The highest BCUT2D eigenvalue weighted by atomic mass is 19.1. The fraction of sp³-hybridized carbons (Fsp3) is 0.282. The van der Waals surface area contributed by atoms with Gasteiger partial charge in [-0.05, 0) is 104 Å². The predicted molar refractivity (Wildman–Crippen MR) is 185 cm³/mol. The summed E-state index contributed by atoms with van der Waals surface area (Å²) in [5.41, 5.74) is 3.90. The number of fused-ring (bicyclic) bond motifs is 2. The molecule has 4 N–H and O–H groups in total. The Morgan fingerprint density at radius 2 is 1.90 bits per heavy atom. The second-order valence-electron chi connectivity index (χ2n) is 12.9. The molecule has 1 amide bonds. The van der Waals surface area contributed by atoms with Gasteiger partial charge >= 0.3 is 5.97 Å². The van der Waals surface area contributed by atoms with Crippen LogP contribution in [0.4, 0.5) is 10.1 Å². The summed E-state index contributed by atoms with van der Waals surface area (Å²) in [6, 6.07) is 22.2. The summed E-state index contributed by atoms with van der Waals surface area (Å²) in [5, 5.41) is 16.8. The van der Waals surface area contributed by atoms with Crippen molar-refractivity contribution in [1.82, 2.24) is 10.3 Å². The maximum atomic E-state index is 15.5. The largest absolute Gasteiger partial charge is 0.487 e. The van der Waals surface area contributed by atoms with Crippen molar-refractivity contribution in [1.29, 1.82) is 0 Å². The smallest absolute Gasteiger partial charge is 0.335 e. The first-order valence-corrected chi connectivity index (χ1v) is 16.6. The number of amides is 1. The Balaban J connectivity index is 1.17. The predicted octanol–water partition coefficient (Wildman–Crippen LogP) is 7.80. The molecule has 0 saturated carbocycles. The van der Waals surface area contributed by atoms with Crippen LogP contribution in [0.15, 0.2) is 85.1 Å². The van der Waals surface area contributed by atoms with E-state index in [9.17, 15) is 14.7 Å². The van der Waals surface area contributed by atoms with E-state index in [1.54, 1.807) is 24.3 Å². The number of halogens is 1. The standard InChI is InChI=1S/C39H38FN3O6/c1-39(22-37(44)43-34-7-4-6-33-30(34)15-16-41-33)31-21-36(35(19-26(31)14-17-42-39)48-23-28-5-2-3-18-47-28)49-27-12-13-29(32(40)20-27)24-8-10-25(11-9-24)38(45)46/h4,6-13,15-16,19-21,28,41-42H,2-3,5,14,17-18,22-23H2,1H3,(H,43,44)(H,45,46)/t28?,39-/m1/s1. The molecule has 2 atom stereocenters. The number of anilines is 1. The lowest BCUT2D eigenvalue weighted by Crippen LogP contribution is -2.47. The number of rotatable bonds is 10. The van der Waals surface area contributed by atoms with Crippen LogP contribution in [0.25, 0.3) is 22.0 Å². The lowest BCUT2D eigenvalue weighted by Gasteiger charge is -2.37. The molecule has 4 aromatic carbocycles. The number of carbonyl (C=O) groups excluding carboxylic acids is 1. The van der Waals surface area contributed by atoms with E-state index in [4.69, 9.17) is 14.2 Å². The average Bonchev–Trinajstić information content (AvgIpc) is 3.59. The molecule has 0 radical (unpaired) electrons. The Bertz CT molecular complexity index is 2000. The van der Waals surface area contributed by atoms with Gasteiger partial charge in [0.1, 0.15) is 18.2 Å². The molecule has 0 spiro atoms. The number of benzene rings is 4. The summed E-state index contributed by atoms with van der Waals surface area (Å²) in [5.74, 6) is -0.505. The number of hydrogen-bond acceptors (Lipinski definition) is 6. The van der Waals surface area contributed by atoms with Crippen molar-refractivity contribution in [3.63, 3.8) is 0 Å². The fourth-order valence-corrected chi connectivity index (χ4v) is 6.79. The summed E-state index contributed by atoms with van der Waals surface area (Å²) < 4.78 is 34.1. The van der Waals surface area contributed by atoms with Crippen LogP contribution in [0.3, 0.4) is 0 Å². The van der Waals surface area contributed by atoms with Crippen molar-refractivity contribution in [3.8, 4) is 28.4 Å². The first kappa shape index (κ1) is 32.4. The van der Waals surface area contributed by atoms with Crippen molar-refractivity contribution < 1.29 is 33.3 Å². The van der Waals surface area contributed by atoms with E-state index in [2.05, 4.69) is 15.6 Å². The molecule has 3 heterocycles. The third-order valence-electron chi connectivity index (χ3n) is 9.37. The van der Waals surface area contributed by atoms with Gasteiger partial charge < -0.3 is 34.9 Å². The van der Waals surface area contributed by atoms with Gasteiger partial charge in [-0.15, -0.1) is 0 Å². The van der Waals surface area contributed by atoms with Gasteiger partial charge in [0.25, 0.3) is 0 Å². The van der Waals surface area contributed by atoms with E-state index < -0.39 is 17.3 Å². The number of carboxylic acids is 1. The Kier molecular flexibility index (Phi) is 9.07. The number of ether oxygens (including phenoxy) is 3. The number of aromatic carboxylic acids is 1.